The highest BCUT2D eigenvalue weighted by atomic mass is 32.2. The summed E-state index contributed by atoms with van der Waals surface area (Å²) in [4.78, 5) is 25.9. The van der Waals surface area contributed by atoms with Crippen molar-refractivity contribution in [2.24, 2.45) is 0 Å². The molecular formula is C21H27N3O4S. The van der Waals surface area contributed by atoms with Crippen LogP contribution >= 0.6 is 0 Å². The van der Waals surface area contributed by atoms with Gasteiger partial charge in [-0.25, -0.2) is 13.1 Å². The molecule has 7 nitrogen and oxygen atoms in total. The highest BCUT2D eigenvalue weighted by Gasteiger charge is 2.22. The fourth-order valence-corrected chi connectivity index (χ4v) is 4.13. The van der Waals surface area contributed by atoms with Crippen LogP contribution in [-0.4, -0.2) is 44.8 Å². The standard InChI is InChI=1S/C21H27N3O4S/c1-21(2,3)23-29(27,28)18-12-10-17(11-13-18)20(26)24(5)14-15-6-8-16(9-7-15)19(25)22-4/h6-13,23H,14H2,1-5H3,(H,22,25). The second kappa shape index (κ2) is 8.75. The summed E-state index contributed by atoms with van der Waals surface area (Å²) < 4.78 is 27.3. The largest absolute Gasteiger partial charge is 0.355 e. The lowest BCUT2D eigenvalue weighted by molar-refractivity contribution is 0.0784. The highest BCUT2D eigenvalue weighted by molar-refractivity contribution is 7.89. The van der Waals surface area contributed by atoms with Crippen molar-refractivity contribution in [1.82, 2.24) is 14.9 Å². The maximum absolute atomic E-state index is 12.7. The molecule has 29 heavy (non-hydrogen) atoms. The van der Waals surface area contributed by atoms with Gasteiger partial charge in [-0.1, -0.05) is 12.1 Å². The molecule has 0 spiro atoms. The molecule has 0 aliphatic rings. The molecule has 2 aromatic rings. The molecular weight excluding hydrogens is 390 g/mol. The first-order chi connectivity index (χ1) is 13.4. The number of sulfonamides is 1. The lowest BCUT2D eigenvalue weighted by atomic mass is 10.1. The van der Waals surface area contributed by atoms with Crippen molar-refractivity contribution in [3.8, 4) is 0 Å². The van der Waals surface area contributed by atoms with Gasteiger partial charge in [0.25, 0.3) is 11.8 Å². The Bertz CT molecular complexity index is 976. The zero-order chi connectivity index (χ0) is 21.8. The van der Waals surface area contributed by atoms with Gasteiger partial charge in [-0.15, -0.1) is 0 Å². The first kappa shape index (κ1) is 22.6. The Morgan fingerprint density at radius 3 is 1.93 bits per heavy atom. The van der Waals surface area contributed by atoms with Crippen molar-refractivity contribution >= 4 is 21.8 Å². The Morgan fingerprint density at radius 2 is 1.45 bits per heavy atom. The van der Waals surface area contributed by atoms with Crippen LogP contribution in [0.1, 0.15) is 47.1 Å². The van der Waals surface area contributed by atoms with Crippen molar-refractivity contribution in [1.29, 1.82) is 0 Å². The molecule has 0 saturated heterocycles. The molecule has 0 unspecified atom stereocenters. The number of carbonyl (C=O) groups is 2. The topological polar surface area (TPSA) is 95.6 Å². The maximum atomic E-state index is 12.7. The Balaban J connectivity index is 2.09. The lowest BCUT2D eigenvalue weighted by Gasteiger charge is -2.21. The van der Waals surface area contributed by atoms with Gasteiger partial charge in [0.15, 0.2) is 0 Å². The first-order valence-corrected chi connectivity index (χ1v) is 10.6. The molecule has 0 bridgehead atoms. The monoisotopic (exact) mass is 417 g/mol. The zero-order valence-corrected chi connectivity index (χ0v) is 18.1. The van der Waals surface area contributed by atoms with Gasteiger partial charge in [0.1, 0.15) is 0 Å². The molecule has 2 rings (SSSR count). The zero-order valence-electron chi connectivity index (χ0n) is 17.3. The van der Waals surface area contributed by atoms with E-state index in [0.29, 0.717) is 17.7 Å². The van der Waals surface area contributed by atoms with Crippen LogP contribution in [0.4, 0.5) is 0 Å². The lowest BCUT2D eigenvalue weighted by Crippen LogP contribution is -2.40. The molecule has 0 heterocycles. The van der Waals surface area contributed by atoms with Crippen LogP contribution < -0.4 is 10.0 Å². The maximum Gasteiger partial charge on any atom is 0.253 e. The SMILES string of the molecule is CNC(=O)c1ccc(CN(C)C(=O)c2ccc(S(=O)(=O)NC(C)(C)C)cc2)cc1. The van der Waals surface area contributed by atoms with E-state index in [1.807, 2.05) is 0 Å². The number of carbonyl (C=O) groups excluding carboxylic acids is 2. The molecule has 0 aliphatic carbocycles. The van der Waals surface area contributed by atoms with Crippen molar-refractivity contribution in [3.05, 3.63) is 65.2 Å². The van der Waals surface area contributed by atoms with Gasteiger partial charge < -0.3 is 10.2 Å². The summed E-state index contributed by atoms with van der Waals surface area (Å²) in [7, 11) is -0.415. The van der Waals surface area contributed by atoms with Gasteiger partial charge in [0, 0.05) is 37.3 Å². The third-order valence-corrected chi connectivity index (χ3v) is 5.84. The molecule has 0 saturated carbocycles. The Kier molecular flexibility index (Phi) is 6.81. The summed E-state index contributed by atoms with van der Waals surface area (Å²) in [6.45, 7) is 5.65. The van der Waals surface area contributed by atoms with E-state index in [-0.39, 0.29) is 16.7 Å². The minimum Gasteiger partial charge on any atom is -0.355 e. The summed E-state index contributed by atoms with van der Waals surface area (Å²) in [5.74, 6) is -0.398. The minimum atomic E-state index is -3.65. The number of hydrogen-bond donors (Lipinski definition) is 2. The van der Waals surface area contributed by atoms with Crippen LogP contribution in [0.3, 0.4) is 0 Å². The molecule has 0 atom stereocenters. The van der Waals surface area contributed by atoms with Gasteiger partial charge in [0.2, 0.25) is 10.0 Å². The smallest absolute Gasteiger partial charge is 0.253 e. The van der Waals surface area contributed by atoms with Gasteiger partial charge in [-0.3, -0.25) is 9.59 Å². The van der Waals surface area contributed by atoms with Crippen LogP contribution in [0, 0.1) is 0 Å². The summed E-state index contributed by atoms with van der Waals surface area (Å²) in [5, 5.41) is 2.56. The first-order valence-electron chi connectivity index (χ1n) is 9.13. The number of hydrogen-bond acceptors (Lipinski definition) is 4. The van der Waals surface area contributed by atoms with Crippen LogP contribution in [-0.2, 0) is 16.6 Å². The Hall–Kier alpha value is -2.71. The van der Waals surface area contributed by atoms with Crippen LogP contribution in [0.5, 0.6) is 0 Å². The quantitative estimate of drug-likeness (QED) is 0.754. The molecule has 2 N–H and O–H groups in total. The van der Waals surface area contributed by atoms with E-state index in [4.69, 9.17) is 0 Å². The summed E-state index contributed by atoms with van der Waals surface area (Å²) in [6, 6.07) is 12.9. The normalized spacial score (nSPS) is 11.8. The third-order valence-electron chi connectivity index (χ3n) is 4.06. The average molecular weight is 418 g/mol. The van der Waals surface area contributed by atoms with Crippen molar-refractivity contribution in [3.63, 3.8) is 0 Å². The van der Waals surface area contributed by atoms with Crippen molar-refractivity contribution in [2.75, 3.05) is 14.1 Å². The molecule has 156 valence electrons. The average Bonchev–Trinajstić information content (AvgIpc) is 2.65. The summed E-state index contributed by atoms with van der Waals surface area (Å²) >= 11 is 0. The molecule has 0 fully saturated rings. The fourth-order valence-electron chi connectivity index (χ4n) is 2.71. The van der Waals surface area contributed by atoms with Gasteiger partial charge in [0.05, 0.1) is 4.90 Å². The molecule has 0 aromatic heterocycles. The van der Waals surface area contributed by atoms with Crippen LogP contribution in [0.25, 0.3) is 0 Å². The van der Waals surface area contributed by atoms with E-state index >= 15 is 0 Å². The number of benzene rings is 2. The van der Waals surface area contributed by atoms with E-state index in [1.54, 1.807) is 59.1 Å². The van der Waals surface area contributed by atoms with E-state index < -0.39 is 15.6 Å². The van der Waals surface area contributed by atoms with E-state index in [0.717, 1.165) is 5.56 Å². The van der Waals surface area contributed by atoms with Crippen LogP contribution in [0.2, 0.25) is 0 Å². The number of rotatable bonds is 6. The number of amides is 2. The number of nitrogens with zero attached hydrogens (tertiary/aromatic N) is 1. The van der Waals surface area contributed by atoms with Gasteiger partial charge >= 0.3 is 0 Å². The van der Waals surface area contributed by atoms with Crippen molar-refractivity contribution < 1.29 is 18.0 Å². The third kappa shape index (κ3) is 6.13. The minimum absolute atomic E-state index is 0.108. The van der Waals surface area contributed by atoms with Gasteiger partial charge in [-0.2, -0.15) is 0 Å². The van der Waals surface area contributed by atoms with E-state index in [9.17, 15) is 18.0 Å². The summed E-state index contributed by atoms with van der Waals surface area (Å²) in [5.41, 5.74) is 1.22. The summed E-state index contributed by atoms with van der Waals surface area (Å²) in [6.07, 6.45) is 0. The Morgan fingerprint density at radius 1 is 0.931 bits per heavy atom. The van der Waals surface area contributed by atoms with E-state index in [2.05, 4.69) is 10.0 Å². The predicted octanol–water partition coefficient (Wildman–Crippen LogP) is 2.40. The fraction of sp³-hybridized carbons (Fsp3) is 0.333. The molecule has 0 aliphatic heterocycles. The van der Waals surface area contributed by atoms with Crippen LogP contribution in [0.15, 0.2) is 53.4 Å². The molecule has 8 heteroatoms. The molecule has 2 amide bonds. The molecule has 2 aromatic carbocycles. The van der Waals surface area contributed by atoms with E-state index in [1.165, 1.54) is 29.2 Å². The highest BCUT2D eigenvalue weighted by Crippen LogP contribution is 2.16. The second-order valence-corrected chi connectivity index (χ2v) is 9.50. The van der Waals surface area contributed by atoms with Gasteiger partial charge in [-0.05, 0) is 62.7 Å². The second-order valence-electron chi connectivity index (χ2n) is 7.82. The van der Waals surface area contributed by atoms with Crippen molar-refractivity contribution in [2.45, 2.75) is 37.8 Å². The number of nitrogens with one attached hydrogen (secondary N) is 2. The molecule has 0 radical (unpaired) electrons. The Labute approximate surface area is 172 Å². The predicted molar refractivity (Wildman–Crippen MR) is 112 cm³/mol.